The van der Waals surface area contributed by atoms with Crippen molar-refractivity contribution in [3.63, 3.8) is 0 Å². The van der Waals surface area contributed by atoms with Gasteiger partial charge in [-0.1, -0.05) is 18.2 Å². The van der Waals surface area contributed by atoms with Crippen LogP contribution in [-0.4, -0.2) is 30.2 Å². The standard InChI is InChI=1S/C12H14N2O2/c15-12(14-6-3-7-16-14)11-8-9-4-1-2-5-10(9)13-11/h1-2,4-5,11,13H,3,6-8H2. The number of carbonyl (C=O) groups excluding carboxylic acids is 1. The molecule has 1 atom stereocenters. The third-order valence-corrected chi connectivity index (χ3v) is 3.07. The van der Waals surface area contributed by atoms with E-state index in [0.717, 1.165) is 18.5 Å². The Morgan fingerprint density at radius 3 is 3.06 bits per heavy atom. The van der Waals surface area contributed by atoms with Gasteiger partial charge in [-0.2, -0.15) is 0 Å². The van der Waals surface area contributed by atoms with E-state index < -0.39 is 0 Å². The van der Waals surface area contributed by atoms with Crippen LogP contribution in [0.2, 0.25) is 0 Å². The molecule has 2 heterocycles. The normalized spacial score (nSPS) is 23.0. The number of para-hydroxylation sites is 1. The summed E-state index contributed by atoms with van der Waals surface area (Å²) in [6.07, 6.45) is 1.69. The van der Waals surface area contributed by atoms with Crippen molar-refractivity contribution in [3.8, 4) is 0 Å². The van der Waals surface area contributed by atoms with Gasteiger partial charge in [-0.15, -0.1) is 0 Å². The van der Waals surface area contributed by atoms with Gasteiger partial charge in [0.2, 0.25) is 0 Å². The number of nitrogens with one attached hydrogen (secondary N) is 1. The summed E-state index contributed by atoms with van der Waals surface area (Å²) in [6, 6.07) is 7.88. The van der Waals surface area contributed by atoms with Crippen LogP contribution in [0, 0.1) is 0 Å². The van der Waals surface area contributed by atoms with E-state index in [4.69, 9.17) is 4.84 Å². The van der Waals surface area contributed by atoms with Crippen molar-refractivity contribution < 1.29 is 9.63 Å². The van der Waals surface area contributed by atoms with E-state index in [9.17, 15) is 4.79 Å². The van der Waals surface area contributed by atoms with Crippen LogP contribution in [0.15, 0.2) is 24.3 Å². The van der Waals surface area contributed by atoms with Crippen LogP contribution < -0.4 is 5.32 Å². The molecule has 0 saturated carbocycles. The van der Waals surface area contributed by atoms with Gasteiger partial charge in [-0.05, 0) is 18.1 Å². The monoisotopic (exact) mass is 218 g/mol. The molecule has 0 aromatic heterocycles. The summed E-state index contributed by atoms with van der Waals surface area (Å²) in [7, 11) is 0. The van der Waals surface area contributed by atoms with E-state index in [1.165, 1.54) is 10.6 Å². The maximum absolute atomic E-state index is 12.1. The van der Waals surface area contributed by atoms with Crippen molar-refractivity contribution in [1.29, 1.82) is 0 Å². The number of anilines is 1. The topological polar surface area (TPSA) is 41.6 Å². The molecule has 3 rings (SSSR count). The molecule has 2 aliphatic rings. The number of benzene rings is 1. The van der Waals surface area contributed by atoms with Gasteiger partial charge in [0.15, 0.2) is 0 Å². The summed E-state index contributed by atoms with van der Waals surface area (Å²) in [4.78, 5) is 17.3. The van der Waals surface area contributed by atoms with E-state index in [-0.39, 0.29) is 11.9 Å². The molecule has 1 fully saturated rings. The Bertz CT molecular complexity index is 388. The van der Waals surface area contributed by atoms with E-state index in [1.54, 1.807) is 0 Å². The highest BCUT2D eigenvalue weighted by Gasteiger charge is 2.31. The highest BCUT2D eigenvalue weighted by atomic mass is 16.7. The first kappa shape index (κ1) is 9.66. The summed E-state index contributed by atoms with van der Waals surface area (Å²) in [6.45, 7) is 1.37. The molecule has 4 nitrogen and oxygen atoms in total. The third kappa shape index (κ3) is 1.55. The van der Waals surface area contributed by atoms with Crippen LogP contribution in [0.1, 0.15) is 12.0 Å². The first-order chi connectivity index (χ1) is 7.84. The fourth-order valence-corrected chi connectivity index (χ4v) is 2.24. The molecule has 1 unspecified atom stereocenters. The maximum Gasteiger partial charge on any atom is 0.268 e. The second-order valence-electron chi connectivity index (χ2n) is 4.19. The van der Waals surface area contributed by atoms with Crippen LogP contribution in [0.3, 0.4) is 0 Å². The van der Waals surface area contributed by atoms with Gasteiger partial charge < -0.3 is 5.32 Å². The summed E-state index contributed by atoms with van der Waals surface area (Å²) < 4.78 is 0. The summed E-state index contributed by atoms with van der Waals surface area (Å²) in [5, 5.41) is 4.73. The second-order valence-corrected chi connectivity index (χ2v) is 4.19. The fourth-order valence-electron chi connectivity index (χ4n) is 2.24. The lowest BCUT2D eigenvalue weighted by atomic mass is 10.1. The molecule has 4 heteroatoms. The first-order valence-corrected chi connectivity index (χ1v) is 5.63. The number of hydrogen-bond acceptors (Lipinski definition) is 3. The quantitative estimate of drug-likeness (QED) is 0.769. The molecule has 84 valence electrons. The molecule has 1 aromatic carbocycles. The third-order valence-electron chi connectivity index (χ3n) is 3.07. The predicted octanol–water partition coefficient (Wildman–Crippen LogP) is 1.19. The summed E-state index contributed by atoms with van der Waals surface area (Å²) in [5.41, 5.74) is 2.28. The Morgan fingerprint density at radius 2 is 2.31 bits per heavy atom. The van der Waals surface area contributed by atoms with Gasteiger partial charge in [0, 0.05) is 12.1 Å². The second kappa shape index (κ2) is 3.79. The van der Waals surface area contributed by atoms with Crippen molar-refractivity contribution in [3.05, 3.63) is 29.8 Å². The lowest BCUT2D eigenvalue weighted by Gasteiger charge is -2.18. The van der Waals surface area contributed by atoms with Crippen molar-refractivity contribution in [2.75, 3.05) is 18.5 Å². The summed E-state index contributed by atoms with van der Waals surface area (Å²) in [5.74, 6) is 0.0497. The van der Waals surface area contributed by atoms with Crippen LogP contribution in [-0.2, 0) is 16.1 Å². The lowest BCUT2D eigenvalue weighted by molar-refractivity contribution is -0.169. The molecule has 16 heavy (non-hydrogen) atoms. The average molecular weight is 218 g/mol. The number of hydrogen-bond donors (Lipinski definition) is 1. The fraction of sp³-hybridized carbons (Fsp3) is 0.417. The predicted molar refractivity (Wildman–Crippen MR) is 59.8 cm³/mol. The van der Waals surface area contributed by atoms with Gasteiger partial charge in [-0.25, -0.2) is 5.06 Å². The van der Waals surface area contributed by atoms with Crippen molar-refractivity contribution in [2.45, 2.75) is 18.9 Å². The number of nitrogens with zero attached hydrogens (tertiary/aromatic N) is 1. The van der Waals surface area contributed by atoms with E-state index in [0.29, 0.717) is 13.2 Å². The van der Waals surface area contributed by atoms with E-state index >= 15 is 0 Å². The maximum atomic E-state index is 12.1. The highest BCUT2D eigenvalue weighted by Crippen LogP contribution is 2.26. The Morgan fingerprint density at radius 1 is 1.44 bits per heavy atom. The highest BCUT2D eigenvalue weighted by molar-refractivity contribution is 5.86. The van der Waals surface area contributed by atoms with Crippen LogP contribution in [0.5, 0.6) is 0 Å². The SMILES string of the molecule is O=C(C1Cc2ccccc2N1)N1CCCO1. The van der Waals surface area contributed by atoms with E-state index in [2.05, 4.69) is 11.4 Å². The zero-order valence-corrected chi connectivity index (χ0v) is 8.98. The van der Waals surface area contributed by atoms with Gasteiger partial charge >= 0.3 is 0 Å². The largest absolute Gasteiger partial charge is 0.373 e. The molecule has 0 aliphatic carbocycles. The van der Waals surface area contributed by atoms with Crippen LogP contribution in [0.4, 0.5) is 5.69 Å². The molecule has 2 aliphatic heterocycles. The van der Waals surface area contributed by atoms with Gasteiger partial charge in [0.25, 0.3) is 5.91 Å². The molecule has 1 N–H and O–H groups in total. The van der Waals surface area contributed by atoms with Crippen molar-refractivity contribution in [2.24, 2.45) is 0 Å². The zero-order chi connectivity index (χ0) is 11.0. The lowest BCUT2D eigenvalue weighted by Crippen LogP contribution is -2.39. The van der Waals surface area contributed by atoms with Crippen molar-refractivity contribution in [1.82, 2.24) is 5.06 Å². The minimum atomic E-state index is -0.157. The van der Waals surface area contributed by atoms with Crippen molar-refractivity contribution >= 4 is 11.6 Å². The van der Waals surface area contributed by atoms with Gasteiger partial charge in [0.1, 0.15) is 6.04 Å². The Balaban J connectivity index is 1.73. The first-order valence-electron chi connectivity index (χ1n) is 5.63. The van der Waals surface area contributed by atoms with Gasteiger partial charge in [-0.3, -0.25) is 9.63 Å². The average Bonchev–Trinajstić information content (AvgIpc) is 2.97. The van der Waals surface area contributed by atoms with Crippen LogP contribution >= 0.6 is 0 Å². The van der Waals surface area contributed by atoms with Crippen LogP contribution in [0.25, 0.3) is 0 Å². The molecular weight excluding hydrogens is 204 g/mol. The smallest absolute Gasteiger partial charge is 0.268 e. The Labute approximate surface area is 94.1 Å². The molecule has 1 saturated heterocycles. The Kier molecular flexibility index (Phi) is 2.29. The number of rotatable bonds is 1. The number of amides is 1. The minimum Gasteiger partial charge on any atom is -0.373 e. The van der Waals surface area contributed by atoms with Gasteiger partial charge in [0.05, 0.1) is 13.2 Å². The number of fused-ring (bicyclic) bond motifs is 1. The molecule has 1 amide bonds. The number of carbonyl (C=O) groups is 1. The molecule has 1 aromatic rings. The zero-order valence-electron chi connectivity index (χ0n) is 8.98. The summed E-state index contributed by atoms with van der Waals surface area (Å²) >= 11 is 0. The molecule has 0 spiro atoms. The van der Waals surface area contributed by atoms with E-state index in [1.807, 2.05) is 18.2 Å². The molecular formula is C12H14N2O2. The molecule has 0 bridgehead atoms. The Hall–Kier alpha value is -1.55. The molecule has 0 radical (unpaired) electrons. The number of hydroxylamine groups is 2. The minimum absolute atomic E-state index is 0.0497.